The summed E-state index contributed by atoms with van der Waals surface area (Å²) in [6.07, 6.45) is 3.08. The van der Waals surface area contributed by atoms with Crippen molar-refractivity contribution < 1.29 is 13.7 Å². The molecule has 0 aliphatic carbocycles. The molecule has 1 aromatic carbocycles. The molecule has 0 aliphatic heterocycles. The van der Waals surface area contributed by atoms with Gasteiger partial charge in [0.15, 0.2) is 11.5 Å². The number of hydrogen-bond acceptors (Lipinski definition) is 5. The quantitative estimate of drug-likeness (QED) is 0.849. The van der Waals surface area contributed by atoms with Crippen LogP contribution in [0.25, 0.3) is 0 Å². The minimum atomic E-state index is -1.21. The molecular formula is C15H18N2O3S. The van der Waals surface area contributed by atoms with Gasteiger partial charge in [0.2, 0.25) is 0 Å². The standard InChI is InChI=1S/C15H18N2O3S/c1-2-19-13-5-3-4-6-14(13)20-9-10-21(18)15-7-8-17-11-12(15)16/h3-8,11H,2,9-10,16H2,1H3. The van der Waals surface area contributed by atoms with Gasteiger partial charge in [-0.1, -0.05) is 12.1 Å². The molecular weight excluding hydrogens is 288 g/mol. The first kappa shape index (κ1) is 15.3. The van der Waals surface area contributed by atoms with Crippen molar-refractivity contribution in [1.82, 2.24) is 4.98 Å². The fourth-order valence-electron chi connectivity index (χ4n) is 1.78. The number of nitrogens with two attached hydrogens (primary N) is 1. The summed E-state index contributed by atoms with van der Waals surface area (Å²) >= 11 is 0. The first-order valence-electron chi connectivity index (χ1n) is 6.65. The lowest BCUT2D eigenvalue weighted by atomic mass is 10.3. The molecule has 0 bridgehead atoms. The Morgan fingerprint density at radius 1 is 1.19 bits per heavy atom. The van der Waals surface area contributed by atoms with Gasteiger partial charge in [0, 0.05) is 6.20 Å². The summed E-state index contributed by atoms with van der Waals surface area (Å²) < 4.78 is 23.3. The maximum Gasteiger partial charge on any atom is 0.161 e. The zero-order chi connectivity index (χ0) is 15.1. The lowest BCUT2D eigenvalue weighted by Crippen LogP contribution is -2.11. The molecule has 2 rings (SSSR count). The number of para-hydroxylation sites is 2. The minimum absolute atomic E-state index is 0.318. The number of anilines is 1. The van der Waals surface area contributed by atoms with E-state index in [0.29, 0.717) is 41.0 Å². The van der Waals surface area contributed by atoms with Crippen LogP contribution in [-0.2, 0) is 10.8 Å². The molecule has 1 atom stereocenters. The number of nitrogen functional groups attached to an aromatic ring is 1. The Morgan fingerprint density at radius 3 is 2.57 bits per heavy atom. The summed E-state index contributed by atoms with van der Waals surface area (Å²) in [5.74, 6) is 1.70. The predicted molar refractivity (Wildman–Crippen MR) is 83.0 cm³/mol. The number of aromatic nitrogens is 1. The molecule has 21 heavy (non-hydrogen) atoms. The van der Waals surface area contributed by atoms with Crippen LogP contribution in [-0.4, -0.2) is 28.2 Å². The molecule has 112 valence electrons. The summed E-state index contributed by atoms with van der Waals surface area (Å²) in [4.78, 5) is 4.47. The van der Waals surface area contributed by atoms with Crippen molar-refractivity contribution in [2.75, 3.05) is 24.7 Å². The van der Waals surface area contributed by atoms with Gasteiger partial charge in [-0.3, -0.25) is 9.19 Å². The zero-order valence-corrected chi connectivity index (χ0v) is 12.6. The van der Waals surface area contributed by atoms with E-state index < -0.39 is 10.8 Å². The molecule has 0 amide bonds. The van der Waals surface area contributed by atoms with Crippen LogP contribution in [0.3, 0.4) is 0 Å². The van der Waals surface area contributed by atoms with Gasteiger partial charge in [-0.25, -0.2) is 0 Å². The highest BCUT2D eigenvalue weighted by Gasteiger charge is 2.09. The molecule has 1 aromatic heterocycles. The van der Waals surface area contributed by atoms with Gasteiger partial charge in [0.25, 0.3) is 0 Å². The highest BCUT2D eigenvalue weighted by Crippen LogP contribution is 2.26. The summed E-state index contributed by atoms with van der Waals surface area (Å²) in [5, 5.41) is 0. The van der Waals surface area contributed by atoms with E-state index in [4.69, 9.17) is 15.2 Å². The lowest BCUT2D eigenvalue weighted by molar-refractivity contribution is 0.289. The summed E-state index contributed by atoms with van der Waals surface area (Å²) in [6, 6.07) is 9.09. The van der Waals surface area contributed by atoms with E-state index in [9.17, 15) is 4.21 Å². The Kier molecular flexibility index (Phi) is 5.57. The van der Waals surface area contributed by atoms with Crippen LogP contribution in [0.1, 0.15) is 6.92 Å². The molecule has 2 N–H and O–H groups in total. The Labute approximate surface area is 126 Å². The smallest absolute Gasteiger partial charge is 0.161 e. The highest BCUT2D eigenvalue weighted by atomic mass is 32.2. The third-order valence-electron chi connectivity index (χ3n) is 2.73. The van der Waals surface area contributed by atoms with Crippen molar-refractivity contribution in [3.8, 4) is 11.5 Å². The fourth-order valence-corrected chi connectivity index (χ4v) is 2.77. The van der Waals surface area contributed by atoms with E-state index in [-0.39, 0.29) is 0 Å². The van der Waals surface area contributed by atoms with E-state index >= 15 is 0 Å². The van der Waals surface area contributed by atoms with Gasteiger partial charge >= 0.3 is 0 Å². The van der Waals surface area contributed by atoms with Crippen molar-refractivity contribution in [2.45, 2.75) is 11.8 Å². The van der Waals surface area contributed by atoms with E-state index in [1.807, 2.05) is 31.2 Å². The third kappa shape index (κ3) is 4.19. The van der Waals surface area contributed by atoms with Crippen LogP contribution in [0.15, 0.2) is 47.6 Å². The largest absolute Gasteiger partial charge is 0.490 e. The average Bonchev–Trinajstić information content (AvgIpc) is 2.49. The number of rotatable bonds is 7. The SMILES string of the molecule is CCOc1ccccc1OCCS(=O)c1ccncc1N. The van der Waals surface area contributed by atoms with E-state index in [1.54, 1.807) is 12.3 Å². The van der Waals surface area contributed by atoms with Crippen molar-refractivity contribution in [3.63, 3.8) is 0 Å². The minimum Gasteiger partial charge on any atom is -0.490 e. The maximum absolute atomic E-state index is 12.2. The number of ether oxygens (including phenoxy) is 2. The third-order valence-corrected chi connectivity index (χ3v) is 4.13. The molecule has 1 heterocycles. The lowest BCUT2D eigenvalue weighted by Gasteiger charge is -2.11. The van der Waals surface area contributed by atoms with Gasteiger partial charge in [-0.15, -0.1) is 0 Å². The molecule has 1 unspecified atom stereocenters. The first-order valence-corrected chi connectivity index (χ1v) is 7.96. The topological polar surface area (TPSA) is 74.4 Å². The molecule has 0 spiro atoms. The van der Waals surface area contributed by atoms with Gasteiger partial charge in [-0.2, -0.15) is 0 Å². The normalized spacial score (nSPS) is 11.9. The summed E-state index contributed by atoms with van der Waals surface area (Å²) in [6.45, 7) is 2.80. The summed E-state index contributed by atoms with van der Waals surface area (Å²) in [5.41, 5.74) is 6.19. The Bertz CT molecular complexity index is 619. The molecule has 0 saturated carbocycles. The summed E-state index contributed by atoms with van der Waals surface area (Å²) in [7, 11) is -1.21. The average molecular weight is 306 g/mol. The number of nitrogens with zero attached hydrogens (tertiary/aromatic N) is 1. The van der Waals surface area contributed by atoms with Gasteiger partial charge in [0.1, 0.15) is 6.61 Å². The molecule has 0 fully saturated rings. The second-order valence-corrected chi connectivity index (χ2v) is 5.73. The predicted octanol–water partition coefficient (Wildman–Crippen LogP) is 2.25. The number of pyridine rings is 1. The molecule has 0 radical (unpaired) electrons. The van der Waals surface area contributed by atoms with E-state index in [2.05, 4.69) is 4.98 Å². The second kappa shape index (κ2) is 7.64. The van der Waals surface area contributed by atoms with Crippen LogP contribution in [0, 0.1) is 0 Å². The van der Waals surface area contributed by atoms with Crippen LogP contribution in [0.4, 0.5) is 5.69 Å². The number of benzene rings is 1. The molecule has 5 nitrogen and oxygen atoms in total. The second-order valence-electron chi connectivity index (χ2n) is 4.19. The zero-order valence-electron chi connectivity index (χ0n) is 11.8. The van der Waals surface area contributed by atoms with Gasteiger partial charge in [-0.05, 0) is 25.1 Å². The van der Waals surface area contributed by atoms with E-state index in [1.165, 1.54) is 6.20 Å². The van der Waals surface area contributed by atoms with Crippen LogP contribution < -0.4 is 15.2 Å². The van der Waals surface area contributed by atoms with Gasteiger partial charge < -0.3 is 15.2 Å². The van der Waals surface area contributed by atoms with Crippen molar-refractivity contribution in [3.05, 3.63) is 42.7 Å². The molecule has 2 aromatic rings. The maximum atomic E-state index is 12.2. The van der Waals surface area contributed by atoms with Crippen molar-refractivity contribution >= 4 is 16.5 Å². The van der Waals surface area contributed by atoms with Crippen LogP contribution in [0.2, 0.25) is 0 Å². The molecule has 0 aliphatic rings. The first-order chi connectivity index (χ1) is 10.2. The Balaban J connectivity index is 1.93. The monoisotopic (exact) mass is 306 g/mol. The highest BCUT2D eigenvalue weighted by molar-refractivity contribution is 7.85. The van der Waals surface area contributed by atoms with Crippen molar-refractivity contribution in [1.29, 1.82) is 0 Å². The Morgan fingerprint density at radius 2 is 1.90 bits per heavy atom. The van der Waals surface area contributed by atoms with Gasteiger partial charge in [0.05, 0.1) is 39.9 Å². The van der Waals surface area contributed by atoms with Crippen molar-refractivity contribution in [2.24, 2.45) is 0 Å². The Hall–Kier alpha value is -2.08. The van der Waals surface area contributed by atoms with Crippen LogP contribution in [0.5, 0.6) is 11.5 Å². The van der Waals surface area contributed by atoms with E-state index in [0.717, 1.165) is 0 Å². The number of hydrogen-bond donors (Lipinski definition) is 1. The molecule has 0 saturated heterocycles. The molecule has 6 heteroatoms. The van der Waals surface area contributed by atoms with Crippen LogP contribution >= 0.6 is 0 Å². The fraction of sp³-hybridized carbons (Fsp3) is 0.267.